The second-order valence-corrected chi connectivity index (χ2v) is 7.83. The predicted molar refractivity (Wildman–Crippen MR) is 92.7 cm³/mol. The van der Waals surface area contributed by atoms with Crippen molar-refractivity contribution in [2.75, 3.05) is 13.1 Å². The molecular formula is C18H22BrF2NO3. The second kappa shape index (κ2) is 7.29. The summed E-state index contributed by atoms with van der Waals surface area (Å²) in [5.41, 5.74) is -1.30. The van der Waals surface area contributed by atoms with E-state index in [1.165, 1.54) is 0 Å². The van der Waals surface area contributed by atoms with Crippen molar-refractivity contribution in [2.24, 2.45) is 5.92 Å². The van der Waals surface area contributed by atoms with E-state index < -0.39 is 29.8 Å². The van der Waals surface area contributed by atoms with Crippen LogP contribution in [0.25, 0.3) is 0 Å². The molecular weight excluding hydrogens is 396 g/mol. The van der Waals surface area contributed by atoms with Gasteiger partial charge in [0.1, 0.15) is 0 Å². The number of alkyl halides is 2. The molecule has 7 heteroatoms. The fraction of sp³-hybridized carbons (Fsp3) is 0.611. The summed E-state index contributed by atoms with van der Waals surface area (Å²) in [6, 6.07) is 6.78. The number of hydrogen-bond acceptors (Lipinski definition) is 3. The lowest BCUT2D eigenvalue weighted by atomic mass is 9.79. The van der Waals surface area contributed by atoms with Gasteiger partial charge in [0.05, 0.1) is 6.10 Å². The van der Waals surface area contributed by atoms with Gasteiger partial charge in [-0.05, 0) is 50.0 Å². The Hall–Kier alpha value is -1.05. The highest BCUT2D eigenvalue weighted by Crippen LogP contribution is 2.50. The number of piperidine rings is 1. The zero-order chi connectivity index (χ0) is 18.1. The molecule has 1 aromatic carbocycles. The number of hydrogen-bond donors (Lipinski definition) is 2. The molecule has 0 radical (unpaired) electrons. The molecule has 138 valence electrons. The summed E-state index contributed by atoms with van der Waals surface area (Å²) < 4.78 is 34.7. The molecule has 0 spiro atoms. The first-order valence-electron chi connectivity index (χ1n) is 8.59. The minimum absolute atomic E-state index is 0.139. The van der Waals surface area contributed by atoms with Crippen LogP contribution in [0.1, 0.15) is 37.7 Å². The molecule has 0 aromatic heterocycles. The molecule has 2 aliphatic rings. The Morgan fingerprint density at radius 1 is 1.24 bits per heavy atom. The molecule has 1 heterocycles. The van der Waals surface area contributed by atoms with Gasteiger partial charge in [-0.1, -0.05) is 28.1 Å². The lowest BCUT2D eigenvalue weighted by Crippen LogP contribution is -2.49. The van der Waals surface area contributed by atoms with Crippen LogP contribution < -0.4 is 5.32 Å². The number of benzene rings is 1. The molecule has 1 saturated carbocycles. The van der Waals surface area contributed by atoms with E-state index in [-0.39, 0.29) is 18.9 Å². The summed E-state index contributed by atoms with van der Waals surface area (Å²) in [5, 5.41) is 13.3. The molecule has 1 aromatic rings. The van der Waals surface area contributed by atoms with Gasteiger partial charge in [-0.2, -0.15) is 0 Å². The first kappa shape index (κ1) is 18.7. The number of carboxylic acid groups (broad SMARTS) is 1. The maximum Gasteiger partial charge on any atom is 0.340 e. The number of carbonyl (C=O) groups is 1. The maximum atomic E-state index is 13.9. The summed E-state index contributed by atoms with van der Waals surface area (Å²) in [7, 11) is 0. The first-order valence-corrected chi connectivity index (χ1v) is 9.38. The smallest absolute Gasteiger partial charge is 0.340 e. The van der Waals surface area contributed by atoms with Crippen LogP contribution in [0.4, 0.5) is 8.78 Å². The quantitative estimate of drug-likeness (QED) is 0.761. The van der Waals surface area contributed by atoms with Crippen molar-refractivity contribution < 1.29 is 23.4 Å². The highest BCUT2D eigenvalue weighted by Gasteiger charge is 2.56. The van der Waals surface area contributed by atoms with Crippen LogP contribution in [-0.2, 0) is 15.1 Å². The number of carboxylic acids is 1. The van der Waals surface area contributed by atoms with Crippen LogP contribution in [0.2, 0.25) is 0 Å². The van der Waals surface area contributed by atoms with Gasteiger partial charge in [0.15, 0.2) is 5.60 Å². The highest BCUT2D eigenvalue weighted by molar-refractivity contribution is 9.10. The summed E-state index contributed by atoms with van der Waals surface area (Å²) in [6.45, 7) is 1.48. The Labute approximate surface area is 154 Å². The molecule has 2 atom stereocenters. The molecule has 2 fully saturated rings. The highest BCUT2D eigenvalue weighted by atomic mass is 79.9. The molecule has 25 heavy (non-hydrogen) atoms. The van der Waals surface area contributed by atoms with E-state index in [0.29, 0.717) is 18.4 Å². The summed E-state index contributed by atoms with van der Waals surface area (Å²) in [5.74, 6) is -4.77. The molecule has 1 aliphatic heterocycles. The summed E-state index contributed by atoms with van der Waals surface area (Å²) in [4.78, 5) is 12.4. The van der Waals surface area contributed by atoms with Gasteiger partial charge in [0.2, 0.25) is 5.92 Å². The zero-order valence-electron chi connectivity index (χ0n) is 13.8. The average Bonchev–Trinajstić information content (AvgIpc) is 2.94. The van der Waals surface area contributed by atoms with Gasteiger partial charge in [-0.3, -0.25) is 0 Å². The van der Waals surface area contributed by atoms with Crippen LogP contribution in [0.15, 0.2) is 28.7 Å². The third-order valence-electron chi connectivity index (χ3n) is 5.21. The normalized spacial score (nSPS) is 26.3. The Kier molecular flexibility index (Phi) is 5.46. The number of rotatable bonds is 5. The number of ether oxygens (including phenoxy) is 1. The van der Waals surface area contributed by atoms with Crippen molar-refractivity contribution in [3.05, 3.63) is 34.3 Å². The molecule has 1 aliphatic carbocycles. The summed E-state index contributed by atoms with van der Waals surface area (Å²) >= 11 is 3.33. The SMILES string of the molecule is O=C(O)[C@](OC1CCNCC1)(c1ccc(Br)cc1)[C@@H]1CCC(F)(F)C1. The molecule has 0 amide bonds. The maximum absolute atomic E-state index is 13.9. The van der Waals surface area contributed by atoms with E-state index in [1.807, 2.05) is 0 Å². The Morgan fingerprint density at radius 2 is 1.88 bits per heavy atom. The van der Waals surface area contributed by atoms with Crippen molar-refractivity contribution in [1.29, 1.82) is 0 Å². The van der Waals surface area contributed by atoms with Crippen LogP contribution in [-0.4, -0.2) is 36.2 Å². The molecule has 2 N–H and O–H groups in total. The van der Waals surface area contributed by atoms with Crippen molar-refractivity contribution in [3.63, 3.8) is 0 Å². The lowest BCUT2D eigenvalue weighted by molar-refractivity contribution is -0.192. The third-order valence-corrected chi connectivity index (χ3v) is 5.74. The van der Waals surface area contributed by atoms with Crippen LogP contribution in [0, 0.1) is 5.92 Å². The van der Waals surface area contributed by atoms with Crippen LogP contribution in [0.5, 0.6) is 0 Å². The molecule has 0 bridgehead atoms. The number of halogens is 3. The fourth-order valence-electron chi connectivity index (χ4n) is 3.92. The van der Waals surface area contributed by atoms with E-state index in [2.05, 4.69) is 21.2 Å². The van der Waals surface area contributed by atoms with E-state index in [9.17, 15) is 18.7 Å². The molecule has 3 rings (SSSR count). The minimum Gasteiger partial charge on any atom is -0.479 e. The number of nitrogens with one attached hydrogen (secondary N) is 1. The zero-order valence-corrected chi connectivity index (χ0v) is 15.4. The fourth-order valence-corrected chi connectivity index (χ4v) is 4.18. The van der Waals surface area contributed by atoms with E-state index in [4.69, 9.17) is 4.74 Å². The van der Waals surface area contributed by atoms with Crippen LogP contribution in [0.3, 0.4) is 0 Å². The second-order valence-electron chi connectivity index (χ2n) is 6.91. The van der Waals surface area contributed by atoms with E-state index in [1.54, 1.807) is 24.3 Å². The minimum atomic E-state index is -2.84. The van der Waals surface area contributed by atoms with Crippen molar-refractivity contribution in [2.45, 2.75) is 49.7 Å². The molecule has 0 unspecified atom stereocenters. The molecule has 4 nitrogen and oxygen atoms in total. The van der Waals surface area contributed by atoms with Crippen molar-refractivity contribution in [3.8, 4) is 0 Å². The van der Waals surface area contributed by atoms with Crippen LogP contribution >= 0.6 is 15.9 Å². The van der Waals surface area contributed by atoms with E-state index in [0.717, 1.165) is 17.6 Å². The predicted octanol–water partition coefficient (Wildman–Crippen LogP) is 3.93. The van der Waals surface area contributed by atoms with Gasteiger partial charge >= 0.3 is 5.97 Å². The monoisotopic (exact) mass is 417 g/mol. The lowest BCUT2D eigenvalue weighted by Gasteiger charge is -2.39. The topological polar surface area (TPSA) is 58.6 Å². The van der Waals surface area contributed by atoms with Gasteiger partial charge in [-0.15, -0.1) is 0 Å². The molecule has 1 saturated heterocycles. The van der Waals surface area contributed by atoms with Gasteiger partial charge in [0.25, 0.3) is 0 Å². The Balaban J connectivity index is 2.00. The number of aliphatic carboxylic acids is 1. The Morgan fingerprint density at radius 3 is 2.40 bits per heavy atom. The Bertz CT molecular complexity index is 619. The largest absolute Gasteiger partial charge is 0.479 e. The first-order chi connectivity index (χ1) is 11.8. The van der Waals surface area contributed by atoms with Gasteiger partial charge < -0.3 is 15.2 Å². The van der Waals surface area contributed by atoms with Gasteiger partial charge in [0, 0.05) is 23.2 Å². The van der Waals surface area contributed by atoms with Gasteiger partial charge in [-0.25, -0.2) is 13.6 Å². The van der Waals surface area contributed by atoms with Crippen molar-refractivity contribution in [1.82, 2.24) is 5.32 Å². The summed E-state index contributed by atoms with van der Waals surface area (Å²) in [6.07, 6.45) is 0.484. The standard InChI is InChI=1S/C18H22BrF2NO3/c19-14-3-1-12(2-4-14)18(16(23)24,13-5-8-17(20,21)11-13)25-15-6-9-22-10-7-15/h1-4,13,15,22H,5-11H2,(H,23,24)/t13-,18+/m1/s1. The average molecular weight is 418 g/mol. The van der Waals surface area contributed by atoms with Crippen molar-refractivity contribution >= 4 is 21.9 Å². The third kappa shape index (κ3) is 3.88. The van der Waals surface area contributed by atoms with E-state index >= 15 is 0 Å².